The molecule has 2 atom stereocenters. The molecule has 1 N–H and O–H groups in total. The lowest BCUT2D eigenvalue weighted by Crippen LogP contribution is -2.53. The first kappa shape index (κ1) is 21.7. The highest BCUT2D eigenvalue weighted by Crippen LogP contribution is 2.30. The molecular weight excluding hydrogens is 387 g/mol. The van der Waals surface area contributed by atoms with E-state index in [4.69, 9.17) is 14.2 Å². The Morgan fingerprint density at radius 1 is 1.21 bits per heavy atom. The van der Waals surface area contributed by atoms with Crippen LogP contribution in [0.2, 0.25) is 0 Å². The van der Waals surface area contributed by atoms with Gasteiger partial charge in [-0.15, -0.1) is 0 Å². The van der Waals surface area contributed by atoms with Crippen LogP contribution in [-0.2, 0) is 15.7 Å². The summed E-state index contributed by atoms with van der Waals surface area (Å²) in [6.07, 6.45) is -2.07. The molecule has 9 heteroatoms. The van der Waals surface area contributed by atoms with Crippen molar-refractivity contribution in [1.29, 1.82) is 0 Å². The van der Waals surface area contributed by atoms with Crippen LogP contribution in [0.3, 0.4) is 0 Å². The van der Waals surface area contributed by atoms with Crippen LogP contribution in [0.5, 0.6) is 5.75 Å². The zero-order chi connectivity index (χ0) is 20.7. The van der Waals surface area contributed by atoms with Crippen LogP contribution in [0, 0.1) is 0 Å². The van der Waals surface area contributed by atoms with E-state index in [1.807, 2.05) is 6.92 Å². The fraction of sp³-hybridized carbons (Fsp3) is 0.650. The molecule has 0 saturated carbocycles. The van der Waals surface area contributed by atoms with E-state index in [2.05, 4.69) is 15.2 Å². The Hall–Kier alpha value is -2.00. The van der Waals surface area contributed by atoms with Gasteiger partial charge in [0.1, 0.15) is 18.5 Å². The molecule has 2 unspecified atom stereocenters. The van der Waals surface area contributed by atoms with E-state index >= 15 is 0 Å². The van der Waals surface area contributed by atoms with Crippen LogP contribution in [0.4, 0.5) is 13.2 Å². The number of rotatable bonds is 6. The number of nitrogens with one attached hydrogen (secondary N) is 1. The lowest BCUT2D eigenvalue weighted by atomic mass is 10.1. The molecule has 0 amide bonds. The maximum absolute atomic E-state index is 12.6. The maximum Gasteiger partial charge on any atom is 0.416 e. The molecule has 0 bridgehead atoms. The van der Waals surface area contributed by atoms with Gasteiger partial charge in [-0.2, -0.15) is 13.2 Å². The second kappa shape index (κ2) is 10.2. The van der Waals surface area contributed by atoms with E-state index in [1.165, 1.54) is 12.1 Å². The maximum atomic E-state index is 12.6. The molecule has 3 rings (SSSR count). The Bertz CT molecular complexity index is 661. The number of nitrogens with zero attached hydrogens (tertiary/aromatic N) is 2. The van der Waals surface area contributed by atoms with Crippen LogP contribution < -0.4 is 10.1 Å². The number of hydrogen-bond donors (Lipinski definition) is 1. The molecule has 162 valence electrons. The summed E-state index contributed by atoms with van der Waals surface area (Å²) in [5.74, 6) is 1.18. The molecule has 2 fully saturated rings. The molecule has 1 aromatic carbocycles. The van der Waals surface area contributed by atoms with Crippen molar-refractivity contribution in [2.24, 2.45) is 4.99 Å². The van der Waals surface area contributed by atoms with Crippen molar-refractivity contribution >= 4 is 5.96 Å². The molecule has 1 aromatic rings. The highest BCUT2D eigenvalue weighted by molar-refractivity contribution is 5.80. The van der Waals surface area contributed by atoms with Gasteiger partial charge in [0.15, 0.2) is 5.96 Å². The van der Waals surface area contributed by atoms with Crippen molar-refractivity contribution in [2.75, 3.05) is 46.0 Å². The van der Waals surface area contributed by atoms with Gasteiger partial charge in [-0.05, 0) is 44.0 Å². The zero-order valence-corrected chi connectivity index (χ0v) is 16.6. The summed E-state index contributed by atoms with van der Waals surface area (Å²) in [7, 11) is 0. The number of benzene rings is 1. The largest absolute Gasteiger partial charge is 0.492 e. The van der Waals surface area contributed by atoms with E-state index < -0.39 is 11.7 Å². The van der Waals surface area contributed by atoms with Gasteiger partial charge in [0.05, 0.1) is 24.8 Å². The monoisotopic (exact) mass is 415 g/mol. The van der Waals surface area contributed by atoms with Gasteiger partial charge >= 0.3 is 6.18 Å². The highest BCUT2D eigenvalue weighted by atomic mass is 19.4. The van der Waals surface area contributed by atoms with Gasteiger partial charge in [0.25, 0.3) is 0 Å². The van der Waals surface area contributed by atoms with Crippen molar-refractivity contribution in [2.45, 2.75) is 38.1 Å². The standard InChI is InChI=1S/C20H28F3N3O3/c1-2-24-19(26-10-13-29-18(14-26)17-4-3-11-28-17)25-9-12-27-16-7-5-15(6-8-16)20(21,22)23/h5-8,17-18H,2-4,9-14H2,1H3,(H,24,25). The third kappa shape index (κ3) is 6.24. The van der Waals surface area contributed by atoms with Gasteiger partial charge in [0.2, 0.25) is 0 Å². The molecular formula is C20H28F3N3O3. The summed E-state index contributed by atoms with van der Waals surface area (Å²) in [6.45, 7) is 6.29. The fourth-order valence-corrected chi connectivity index (χ4v) is 3.47. The minimum atomic E-state index is -4.34. The van der Waals surface area contributed by atoms with Crippen molar-refractivity contribution < 1.29 is 27.4 Å². The number of ether oxygens (including phenoxy) is 3. The van der Waals surface area contributed by atoms with E-state index in [0.717, 1.165) is 57.2 Å². The summed E-state index contributed by atoms with van der Waals surface area (Å²) in [4.78, 5) is 6.76. The minimum Gasteiger partial charge on any atom is -0.492 e. The van der Waals surface area contributed by atoms with Crippen LogP contribution in [0.15, 0.2) is 29.3 Å². The second-order valence-corrected chi connectivity index (χ2v) is 7.01. The third-order valence-corrected chi connectivity index (χ3v) is 4.91. The summed E-state index contributed by atoms with van der Waals surface area (Å²) >= 11 is 0. The Labute approximate surface area is 169 Å². The number of guanidine groups is 1. The average molecular weight is 415 g/mol. The summed E-state index contributed by atoms with van der Waals surface area (Å²) in [5.41, 5.74) is -0.689. The Kier molecular flexibility index (Phi) is 7.60. The summed E-state index contributed by atoms with van der Waals surface area (Å²) < 4.78 is 55.0. The fourth-order valence-electron chi connectivity index (χ4n) is 3.47. The Morgan fingerprint density at radius 2 is 1.97 bits per heavy atom. The van der Waals surface area contributed by atoms with Crippen LogP contribution >= 0.6 is 0 Å². The zero-order valence-electron chi connectivity index (χ0n) is 16.6. The first-order chi connectivity index (χ1) is 14.0. The first-order valence-corrected chi connectivity index (χ1v) is 10.0. The van der Waals surface area contributed by atoms with Gasteiger partial charge in [-0.1, -0.05) is 0 Å². The molecule has 2 aliphatic heterocycles. The van der Waals surface area contributed by atoms with Gasteiger partial charge in [-0.3, -0.25) is 0 Å². The van der Waals surface area contributed by atoms with Crippen LogP contribution in [0.1, 0.15) is 25.3 Å². The number of alkyl halides is 3. The third-order valence-electron chi connectivity index (χ3n) is 4.91. The predicted octanol–water partition coefficient (Wildman–Crippen LogP) is 2.93. The van der Waals surface area contributed by atoms with E-state index in [0.29, 0.717) is 18.9 Å². The molecule has 0 aromatic heterocycles. The van der Waals surface area contributed by atoms with Gasteiger partial charge < -0.3 is 24.4 Å². The average Bonchev–Trinajstić information content (AvgIpc) is 3.25. The first-order valence-electron chi connectivity index (χ1n) is 10.0. The van der Waals surface area contributed by atoms with E-state index in [1.54, 1.807) is 0 Å². The van der Waals surface area contributed by atoms with Crippen LogP contribution in [-0.4, -0.2) is 69.1 Å². The second-order valence-electron chi connectivity index (χ2n) is 7.01. The summed E-state index contributed by atoms with van der Waals surface area (Å²) in [6, 6.07) is 4.68. The lowest BCUT2D eigenvalue weighted by molar-refractivity contribution is -0.137. The van der Waals surface area contributed by atoms with Crippen molar-refractivity contribution in [3.05, 3.63) is 29.8 Å². The number of halogens is 3. The molecule has 6 nitrogen and oxygen atoms in total. The molecule has 29 heavy (non-hydrogen) atoms. The predicted molar refractivity (Wildman–Crippen MR) is 103 cm³/mol. The van der Waals surface area contributed by atoms with Crippen molar-refractivity contribution in [1.82, 2.24) is 10.2 Å². The number of morpholine rings is 1. The highest BCUT2D eigenvalue weighted by Gasteiger charge is 2.32. The molecule has 0 radical (unpaired) electrons. The Balaban J connectivity index is 1.51. The topological polar surface area (TPSA) is 55.3 Å². The molecule has 2 aliphatic rings. The van der Waals surface area contributed by atoms with Gasteiger partial charge in [0, 0.05) is 26.2 Å². The van der Waals surface area contributed by atoms with Crippen molar-refractivity contribution in [3.8, 4) is 5.75 Å². The Morgan fingerprint density at radius 3 is 2.62 bits per heavy atom. The molecule has 2 heterocycles. The normalized spacial score (nSPS) is 23.3. The van der Waals surface area contributed by atoms with E-state index in [9.17, 15) is 13.2 Å². The quantitative estimate of drug-likeness (QED) is 0.440. The number of hydrogen-bond acceptors (Lipinski definition) is 4. The van der Waals surface area contributed by atoms with E-state index in [-0.39, 0.29) is 18.8 Å². The lowest BCUT2D eigenvalue weighted by Gasteiger charge is -2.37. The SMILES string of the molecule is CCNC(=NCCOc1ccc(C(F)(F)F)cc1)N1CCOC(C2CCCO2)C1. The minimum absolute atomic E-state index is 0.0403. The molecule has 0 aliphatic carbocycles. The number of aliphatic imine (C=N–C) groups is 1. The molecule has 2 saturated heterocycles. The molecule has 0 spiro atoms. The van der Waals surface area contributed by atoms with Crippen LogP contribution in [0.25, 0.3) is 0 Å². The van der Waals surface area contributed by atoms with Crippen molar-refractivity contribution in [3.63, 3.8) is 0 Å². The summed E-state index contributed by atoms with van der Waals surface area (Å²) in [5, 5.41) is 3.29. The smallest absolute Gasteiger partial charge is 0.416 e. The van der Waals surface area contributed by atoms with Gasteiger partial charge in [-0.25, -0.2) is 4.99 Å².